The van der Waals surface area contributed by atoms with Crippen LogP contribution in [0.2, 0.25) is 0 Å². The average molecular weight is 459 g/mol. The number of hydrogen-bond donors (Lipinski definition) is 1. The van der Waals surface area contributed by atoms with Gasteiger partial charge in [-0.15, -0.1) is 0 Å². The van der Waals surface area contributed by atoms with Crippen LogP contribution in [-0.2, 0) is 20.9 Å². The molecule has 7 heteroatoms. The Balaban J connectivity index is 1.77. The van der Waals surface area contributed by atoms with E-state index in [9.17, 15) is 12.6 Å². The summed E-state index contributed by atoms with van der Waals surface area (Å²) in [6, 6.07) is 19.4. The first kappa shape index (κ1) is 23.2. The summed E-state index contributed by atoms with van der Waals surface area (Å²) >= 11 is -2.05. The summed E-state index contributed by atoms with van der Waals surface area (Å²) in [5, 5.41) is 0. The van der Waals surface area contributed by atoms with Crippen molar-refractivity contribution in [2.24, 2.45) is 5.41 Å². The van der Waals surface area contributed by atoms with Crippen LogP contribution in [0.25, 0.3) is 0 Å². The summed E-state index contributed by atoms with van der Waals surface area (Å²) in [7, 11) is -3.64. The van der Waals surface area contributed by atoms with Crippen LogP contribution in [0.5, 0.6) is 11.5 Å². The minimum atomic E-state index is -3.64. The quantitative estimate of drug-likeness (QED) is 0.455. The molecule has 0 heterocycles. The summed E-state index contributed by atoms with van der Waals surface area (Å²) < 4.78 is 51.7. The van der Waals surface area contributed by atoms with E-state index in [1.54, 1.807) is 36.4 Å². The molecule has 3 aromatic rings. The second-order valence-electron chi connectivity index (χ2n) is 8.45. The Kier molecular flexibility index (Phi) is 6.69. The maximum absolute atomic E-state index is 13.0. The van der Waals surface area contributed by atoms with Crippen molar-refractivity contribution in [2.75, 3.05) is 0 Å². The van der Waals surface area contributed by atoms with Crippen LogP contribution < -0.4 is 4.74 Å². The molecule has 3 aromatic carbocycles. The third kappa shape index (κ3) is 5.42. The Labute approximate surface area is 186 Å². The molecule has 31 heavy (non-hydrogen) atoms. The van der Waals surface area contributed by atoms with Gasteiger partial charge in [0.25, 0.3) is 0 Å². The summed E-state index contributed by atoms with van der Waals surface area (Å²) in [6.07, 6.45) is 0. The fourth-order valence-corrected chi connectivity index (χ4v) is 4.65. The molecule has 0 aliphatic carbocycles. The first-order valence-electron chi connectivity index (χ1n) is 9.82. The molecule has 0 aliphatic rings. The van der Waals surface area contributed by atoms with E-state index in [-0.39, 0.29) is 20.1 Å². The summed E-state index contributed by atoms with van der Waals surface area (Å²) in [5.74, 6) is 1.24. The second kappa shape index (κ2) is 8.94. The van der Waals surface area contributed by atoms with Crippen molar-refractivity contribution in [2.45, 2.75) is 48.3 Å². The Morgan fingerprint density at radius 2 is 1.23 bits per heavy atom. The molecular formula is C24H26O5S2. The van der Waals surface area contributed by atoms with Crippen molar-refractivity contribution in [1.29, 1.82) is 0 Å². The van der Waals surface area contributed by atoms with Gasteiger partial charge in [0.05, 0.1) is 14.7 Å². The van der Waals surface area contributed by atoms with Gasteiger partial charge in [-0.3, -0.25) is 0 Å². The molecule has 2 atom stereocenters. The minimum absolute atomic E-state index is 0.0890. The molecule has 3 rings (SSSR count). The van der Waals surface area contributed by atoms with Crippen molar-refractivity contribution in [3.63, 3.8) is 0 Å². The smallest absolute Gasteiger partial charge is 0.206 e. The number of rotatable bonds is 6. The molecule has 0 aliphatic heterocycles. The van der Waals surface area contributed by atoms with E-state index in [1.165, 1.54) is 24.3 Å². The molecule has 0 bridgehead atoms. The van der Waals surface area contributed by atoms with E-state index in [4.69, 9.17) is 9.29 Å². The molecule has 0 amide bonds. The third-order valence-corrected chi connectivity index (χ3v) is 7.85. The van der Waals surface area contributed by atoms with Gasteiger partial charge in [0.2, 0.25) is 9.84 Å². The maximum atomic E-state index is 13.0. The Bertz CT molecular complexity index is 1160. The molecule has 0 aromatic heterocycles. The monoisotopic (exact) mass is 458 g/mol. The highest BCUT2D eigenvalue weighted by atomic mass is 32.2. The Morgan fingerprint density at radius 3 is 1.65 bits per heavy atom. The molecule has 0 saturated heterocycles. The normalized spacial score (nSPS) is 14.1. The molecule has 2 unspecified atom stereocenters. The summed E-state index contributed by atoms with van der Waals surface area (Å²) in [4.78, 5) is 0.706. The molecule has 164 valence electrons. The largest absolute Gasteiger partial charge is 0.457 e. The van der Waals surface area contributed by atoms with Gasteiger partial charge in [-0.2, -0.15) is 0 Å². The van der Waals surface area contributed by atoms with Gasteiger partial charge in [0.1, 0.15) is 11.5 Å². The Morgan fingerprint density at radius 1 is 0.806 bits per heavy atom. The first-order chi connectivity index (χ1) is 14.5. The first-order valence-corrected chi connectivity index (χ1v) is 12.4. The van der Waals surface area contributed by atoms with E-state index in [1.807, 2.05) is 12.1 Å². The molecule has 0 spiro atoms. The lowest BCUT2D eigenvalue weighted by Crippen LogP contribution is -2.15. The zero-order valence-corrected chi connectivity index (χ0v) is 19.5. The number of ether oxygens (including phenoxy) is 1. The van der Waals surface area contributed by atoms with E-state index < -0.39 is 20.9 Å². The molecule has 1 N–H and O–H groups in total. The standard InChI is InChI=1S/C24H26O5S2/c1-17(24(2,3)4)18-5-13-22(14-6-18)31(27,28)23-15-9-20(10-16-23)29-19-7-11-21(12-8-19)30(25)26/h5-17H,1-4H3,(H,25,26). The van der Waals surface area contributed by atoms with Gasteiger partial charge < -0.3 is 9.29 Å². The average Bonchev–Trinajstić information content (AvgIpc) is 2.73. The molecule has 5 nitrogen and oxygen atoms in total. The van der Waals surface area contributed by atoms with Crippen molar-refractivity contribution in [3.05, 3.63) is 78.4 Å². The predicted molar refractivity (Wildman–Crippen MR) is 122 cm³/mol. The lowest BCUT2D eigenvalue weighted by atomic mass is 9.78. The zero-order chi connectivity index (χ0) is 22.8. The molecule has 0 radical (unpaired) electrons. The fraction of sp³-hybridized carbons (Fsp3) is 0.250. The fourth-order valence-electron chi connectivity index (χ4n) is 3.02. The van der Waals surface area contributed by atoms with Crippen molar-refractivity contribution in [3.8, 4) is 11.5 Å². The van der Waals surface area contributed by atoms with Gasteiger partial charge in [-0.25, -0.2) is 12.6 Å². The lowest BCUT2D eigenvalue weighted by molar-refractivity contribution is 0.339. The van der Waals surface area contributed by atoms with Crippen molar-refractivity contribution < 1.29 is 21.9 Å². The van der Waals surface area contributed by atoms with Gasteiger partial charge >= 0.3 is 0 Å². The maximum Gasteiger partial charge on any atom is 0.206 e. The highest BCUT2D eigenvalue weighted by Gasteiger charge is 2.23. The van der Waals surface area contributed by atoms with E-state index in [0.29, 0.717) is 17.4 Å². The van der Waals surface area contributed by atoms with Crippen LogP contribution in [-0.4, -0.2) is 17.2 Å². The minimum Gasteiger partial charge on any atom is -0.457 e. The lowest BCUT2D eigenvalue weighted by Gasteiger charge is -2.27. The van der Waals surface area contributed by atoms with E-state index in [0.717, 1.165) is 5.56 Å². The van der Waals surface area contributed by atoms with Crippen molar-refractivity contribution >= 4 is 20.9 Å². The SMILES string of the molecule is CC(c1ccc(S(=O)(=O)c2ccc(Oc3ccc(S(=O)O)cc3)cc2)cc1)C(C)(C)C. The predicted octanol–water partition coefficient (Wildman–Crippen LogP) is 6.04. The topological polar surface area (TPSA) is 80.7 Å². The van der Waals surface area contributed by atoms with Gasteiger partial charge in [-0.1, -0.05) is 39.8 Å². The van der Waals surface area contributed by atoms with Gasteiger partial charge in [0, 0.05) is 0 Å². The van der Waals surface area contributed by atoms with Crippen LogP contribution in [0.1, 0.15) is 39.2 Å². The van der Waals surface area contributed by atoms with Crippen LogP contribution in [0.4, 0.5) is 0 Å². The second-order valence-corrected chi connectivity index (χ2v) is 11.4. The number of sulfone groups is 1. The van der Waals surface area contributed by atoms with Crippen LogP contribution in [0, 0.1) is 5.41 Å². The summed E-state index contributed by atoms with van der Waals surface area (Å²) in [6.45, 7) is 8.62. The zero-order valence-electron chi connectivity index (χ0n) is 17.9. The third-order valence-electron chi connectivity index (χ3n) is 5.38. The number of benzene rings is 3. The highest BCUT2D eigenvalue weighted by molar-refractivity contribution is 7.91. The van der Waals surface area contributed by atoms with Gasteiger partial charge in [0.15, 0.2) is 11.1 Å². The molecular weight excluding hydrogens is 432 g/mol. The number of hydrogen-bond acceptors (Lipinski definition) is 4. The van der Waals surface area contributed by atoms with Gasteiger partial charge in [-0.05, 0) is 77.6 Å². The Hall–Kier alpha value is -2.48. The summed E-state index contributed by atoms with van der Waals surface area (Å²) in [5.41, 5.74) is 1.19. The van der Waals surface area contributed by atoms with Crippen LogP contribution in [0.15, 0.2) is 87.5 Å². The van der Waals surface area contributed by atoms with Crippen LogP contribution >= 0.6 is 0 Å². The molecule has 0 fully saturated rings. The molecule has 0 saturated carbocycles. The van der Waals surface area contributed by atoms with Crippen LogP contribution in [0.3, 0.4) is 0 Å². The van der Waals surface area contributed by atoms with E-state index >= 15 is 0 Å². The van der Waals surface area contributed by atoms with E-state index in [2.05, 4.69) is 27.7 Å². The van der Waals surface area contributed by atoms with Crippen molar-refractivity contribution in [1.82, 2.24) is 0 Å². The highest BCUT2D eigenvalue weighted by Crippen LogP contribution is 2.35.